The van der Waals surface area contributed by atoms with Gasteiger partial charge in [-0.25, -0.2) is 4.39 Å². The zero-order valence-corrected chi connectivity index (χ0v) is 26.8. The normalized spacial score (nSPS) is 28.6. The number of fused-ring (bicyclic) bond motifs is 4. The molecule has 7 rings (SSSR count). The summed E-state index contributed by atoms with van der Waals surface area (Å²) in [4.78, 5) is 28.3. The van der Waals surface area contributed by atoms with E-state index in [2.05, 4.69) is 21.2 Å². The number of alkyl halides is 1. The molecule has 1 aromatic carbocycles. The van der Waals surface area contributed by atoms with E-state index < -0.39 is 11.8 Å². The second-order valence-corrected chi connectivity index (χ2v) is 13.9. The third-order valence-corrected chi connectivity index (χ3v) is 10.6. The maximum absolute atomic E-state index is 14.5. The van der Waals surface area contributed by atoms with Crippen molar-refractivity contribution in [1.29, 1.82) is 5.41 Å². The minimum absolute atomic E-state index is 0.0474. The second-order valence-electron chi connectivity index (χ2n) is 13.4. The fourth-order valence-electron chi connectivity index (χ4n) is 8.04. The molecule has 1 amide bonds. The van der Waals surface area contributed by atoms with Crippen molar-refractivity contribution < 1.29 is 24.0 Å². The molecular weight excluding hydrogens is 597 g/mol. The number of amides is 1. The Balaban J connectivity index is 1.23. The first-order valence-electron chi connectivity index (χ1n) is 16.1. The van der Waals surface area contributed by atoms with Gasteiger partial charge in [-0.1, -0.05) is 23.7 Å². The van der Waals surface area contributed by atoms with Crippen LogP contribution in [0, 0.1) is 5.41 Å². The number of benzene rings is 1. The fourth-order valence-corrected chi connectivity index (χ4v) is 8.31. The molecule has 0 radical (unpaired) electrons. The minimum atomic E-state index is -0.836. The zero-order valence-electron chi connectivity index (χ0n) is 26.1. The van der Waals surface area contributed by atoms with Crippen LogP contribution in [0.1, 0.15) is 54.5 Å². The van der Waals surface area contributed by atoms with Gasteiger partial charge in [-0.05, 0) is 49.4 Å². The highest BCUT2D eigenvalue weighted by atomic mass is 35.5. The highest BCUT2D eigenvalue weighted by Crippen LogP contribution is 2.49. The van der Waals surface area contributed by atoms with Crippen molar-refractivity contribution in [2.75, 3.05) is 58.3 Å². The predicted molar refractivity (Wildman–Crippen MR) is 169 cm³/mol. The molecule has 1 spiro atoms. The van der Waals surface area contributed by atoms with Crippen LogP contribution in [0.3, 0.4) is 0 Å². The van der Waals surface area contributed by atoms with E-state index >= 15 is 0 Å². The molecule has 4 aliphatic heterocycles. The van der Waals surface area contributed by atoms with Crippen molar-refractivity contribution in [3.63, 3.8) is 0 Å². The van der Waals surface area contributed by atoms with Crippen LogP contribution in [0.5, 0.6) is 6.01 Å². The van der Waals surface area contributed by atoms with Gasteiger partial charge >= 0.3 is 6.01 Å². The van der Waals surface area contributed by atoms with Crippen LogP contribution in [-0.4, -0.2) is 96.5 Å². The fraction of sp³-hybridized carbons (Fsp3) is 0.576. The number of nitrogens with two attached hydrogens (primary N) is 1. The number of carbonyl (C=O) groups is 1. The van der Waals surface area contributed by atoms with Crippen molar-refractivity contribution in [2.24, 2.45) is 0 Å². The molecule has 1 aromatic heterocycles. The number of carbonyl (C=O) groups excluding carboxylic acids is 1. The Kier molecular flexibility index (Phi) is 8.08. The molecule has 0 saturated carbocycles. The molecule has 2 aromatic rings. The molecule has 0 unspecified atom stereocenters. The average molecular weight is 639 g/mol. The van der Waals surface area contributed by atoms with Crippen LogP contribution in [0.2, 0.25) is 5.02 Å². The summed E-state index contributed by atoms with van der Waals surface area (Å²) in [5.41, 5.74) is 4.14. The number of halogens is 2. The van der Waals surface area contributed by atoms with E-state index in [1.165, 1.54) is 4.90 Å². The van der Waals surface area contributed by atoms with Crippen LogP contribution in [0.15, 0.2) is 30.0 Å². The SMILES string of the molecule is CN(C)C(=O)C(=N)/C=C1/CN(c2nc(OC[C@@]34CCCN3C[C@H](F)C4)nc3c2CO[C@@]2(CCc4c(Cl)cccc42)C3)CCC[NH2+]1. The van der Waals surface area contributed by atoms with Crippen molar-refractivity contribution in [3.05, 3.63) is 57.4 Å². The first-order chi connectivity index (χ1) is 21.7. The van der Waals surface area contributed by atoms with Gasteiger partial charge in [0.25, 0.3) is 5.91 Å². The summed E-state index contributed by atoms with van der Waals surface area (Å²) in [7, 11) is 3.31. The Morgan fingerprint density at radius 2 is 2.13 bits per heavy atom. The van der Waals surface area contributed by atoms with E-state index in [-0.39, 0.29) is 17.2 Å². The maximum atomic E-state index is 14.5. The molecule has 240 valence electrons. The van der Waals surface area contributed by atoms with E-state index in [9.17, 15) is 9.18 Å². The predicted octanol–water partition coefficient (Wildman–Crippen LogP) is 2.76. The lowest BCUT2D eigenvalue weighted by Gasteiger charge is -2.37. The lowest BCUT2D eigenvalue weighted by atomic mass is 9.87. The minimum Gasteiger partial charge on any atom is -0.461 e. The van der Waals surface area contributed by atoms with Gasteiger partial charge < -0.3 is 24.6 Å². The first-order valence-corrected chi connectivity index (χ1v) is 16.5. The molecule has 5 aliphatic rings. The number of rotatable bonds is 6. The summed E-state index contributed by atoms with van der Waals surface area (Å²) in [5.74, 6) is 0.427. The number of hydrogen-bond acceptors (Lipinski definition) is 8. The number of ether oxygens (including phenoxy) is 2. The van der Waals surface area contributed by atoms with Crippen LogP contribution < -0.4 is 15.0 Å². The number of nitrogens with one attached hydrogen (secondary N) is 1. The zero-order chi connectivity index (χ0) is 31.3. The van der Waals surface area contributed by atoms with Gasteiger partial charge in [0, 0.05) is 63.1 Å². The summed E-state index contributed by atoms with van der Waals surface area (Å²) in [6.45, 7) is 4.15. The summed E-state index contributed by atoms with van der Waals surface area (Å²) in [6.07, 6.45) is 6.41. The number of anilines is 1. The van der Waals surface area contributed by atoms with Gasteiger partial charge in [0.15, 0.2) is 0 Å². The molecule has 3 saturated heterocycles. The van der Waals surface area contributed by atoms with Gasteiger partial charge in [0.1, 0.15) is 30.0 Å². The summed E-state index contributed by atoms with van der Waals surface area (Å²) < 4.78 is 27.7. The quantitative estimate of drug-likeness (QED) is 0.468. The van der Waals surface area contributed by atoms with Crippen LogP contribution in [0.25, 0.3) is 0 Å². The molecule has 0 bridgehead atoms. The maximum Gasteiger partial charge on any atom is 0.318 e. The molecule has 12 heteroatoms. The first kappa shape index (κ1) is 30.5. The Labute approximate surface area is 268 Å². The third kappa shape index (κ3) is 5.62. The van der Waals surface area contributed by atoms with E-state index in [1.807, 2.05) is 12.1 Å². The Morgan fingerprint density at radius 1 is 1.27 bits per heavy atom. The van der Waals surface area contributed by atoms with E-state index in [0.717, 1.165) is 90.7 Å². The van der Waals surface area contributed by atoms with E-state index in [0.29, 0.717) is 45.2 Å². The lowest BCUT2D eigenvalue weighted by Crippen LogP contribution is -2.82. The molecule has 3 N–H and O–H groups in total. The van der Waals surface area contributed by atoms with Gasteiger partial charge in [-0.2, -0.15) is 9.97 Å². The summed E-state index contributed by atoms with van der Waals surface area (Å²) in [6, 6.07) is 6.35. The molecule has 3 fully saturated rings. The van der Waals surface area contributed by atoms with Gasteiger partial charge in [-0.3, -0.25) is 15.1 Å². The van der Waals surface area contributed by atoms with Gasteiger partial charge in [-0.15, -0.1) is 0 Å². The number of hydrogen-bond donors (Lipinski definition) is 2. The van der Waals surface area contributed by atoms with Crippen molar-refractivity contribution in [1.82, 2.24) is 19.8 Å². The lowest BCUT2D eigenvalue weighted by molar-refractivity contribution is -0.604. The number of nitrogens with zero attached hydrogens (tertiary/aromatic N) is 5. The van der Waals surface area contributed by atoms with E-state index in [4.69, 9.17) is 36.5 Å². The highest BCUT2D eigenvalue weighted by molar-refractivity contribution is 6.41. The smallest absolute Gasteiger partial charge is 0.318 e. The Morgan fingerprint density at radius 3 is 2.98 bits per heavy atom. The van der Waals surface area contributed by atoms with Crippen molar-refractivity contribution in [3.8, 4) is 6.01 Å². The molecule has 1 aliphatic carbocycles. The van der Waals surface area contributed by atoms with Gasteiger partial charge in [0.05, 0.1) is 36.5 Å². The molecule has 10 nitrogen and oxygen atoms in total. The average Bonchev–Trinajstić information content (AvgIpc) is 3.60. The van der Waals surface area contributed by atoms with Crippen LogP contribution >= 0.6 is 11.6 Å². The van der Waals surface area contributed by atoms with Crippen LogP contribution in [-0.2, 0) is 34.6 Å². The Hall–Kier alpha value is -3.12. The summed E-state index contributed by atoms with van der Waals surface area (Å²) >= 11 is 6.60. The largest absolute Gasteiger partial charge is 0.461 e. The van der Waals surface area contributed by atoms with Gasteiger partial charge in [0.2, 0.25) is 0 Å². The van der Waals surface area contributed by atoms with Crippen LogP contribution in [0.4, 0.5) is 10.2 Å². The summed E-state index contributed by atoms with van der Waals surface area (Å²) in [5, 5.41) is 11.2. The van der Waals surface area contributed by atoms with Crippen molar-refractivity contribution >= 4 is 29.0 Å². The second kappa shape index (κ2) is 11.9. The van der Waals surface area contributed by atoms with E-state index in [1.54, 1.807) is 20.2 Å². The molecular formula is C33H42ClFN7O3+. The molecule has 5 heterocycles. The third-order valence-electron chi connectivity index (χ3n) is 10.3. The molecule has 45 heavy (non-hydrogen) atoms. The monoisotopic (exact) mass is 638 g/mol. The number of quaternary nitrogens is 1. The topological polar surface area (TPSA) is 111 Å². The Bertz CT molecular complexity index is 1550. The number of aromatic nitrogens is 2. The molecule has 3 atom stereocenters. The van der Waals surface area contributed by atoms with Crippen molar-refractivity contribution in [2.45, 2.75) is 68.9 Å². The highest BCUT2D eigenvalue weighted by Gasteiger charge is 2.50. The standard InChI is InChI=1S/C33H41ClFN7O3/c1-40(2)30(43)27(36)14-22-18-41(12-5-11-37-22)29-24-19-45-33(10-8-23-25(33)6-3-7-26(23)34)16-28(24)38-31(39-29)44-20-32-9-4-13-42(32)17-21(35)15-32/h3,6-7,14,21,36-37H,4-5,8-13,15-20H2,1-2H3/p+1/b22-14-,36-27?/t21-,32+,33+/m1/s1.